The Kier molecular flexibility index (Phi) is 9.20. The Bertz CT molecular complexity index is 3510. The van der Waals surface area contributed by atoms with Crippen LogP contribution < -0.4 is 4.90 Å². The molecule has 12 rings (SSSR count). The van der Waals surface area contributed by atoms with Gasteiger partial charge in [-0.25, -0.2) is 0 Å². The van der Waals surface area contributed by atoms with Crippen molar-refractivity contribution < 1.29 is 4.42 Å². The van der Waals surface area contributed by atoms with Gasteiger partial charge in [0.05, 0.1) is 0 Å². The molecular weight excluding hydrogens is 775 g/mol. The quantitative estimate of drug-likeness (QED) is 0.142. The number of nitrogens with zero attached hydrogens (tertiary/aromatic N) is 1. The van der Waals surface area contributed by atoms with E-state index in [4.69, 9.17) is 4.42 Å². The van der Waals surface area contributed by atoms with E-state index in [0.717, 1.165) is 66.6 Å². The average molecular weight is 816 g/mol. The highest BCUT2D eigenvalue weighted by atomic mass is 16.3. The number of fused-ring (bicyclic) bond motifs is 8. The summed E-state index contributed by atoms with van der Waals surface area (Å²) in [5.74, 6) is 0. The summed E-state index contributed by atoms with van der Waals surface area (Å²) in [5.41, 5.74) is 16.9. The highest BCUT2D eigenvalue weighted by Gasteiger charge is 2.22. The predicted octanol–water partition coefficient (Wildman–Crippen LogP) is 17.7. The Labute approximate surface area is 372 Å². The standard InChI is InChI=1S/C62H41NO/c1-4-14-42(15-5-1)45-28-34-50(35-29-45)63(51-36-30-46(31-37-51)43-16-6-2-7-17-43)52-38-32-47(33-39-52)44-24-26-48(27-25-44)53-40-41-58-61(59(53)49-18-8-3-9-19-49)60-56-22-12-10-20-54(56)55-21-11-13-23-57(55)62(60)64-58/h1-41H. The molecule has 64 heavy (non-hydrogen) atoms. The first-order valence-corrected chi connectivity index (χ1v) is 21.9. The minimum absolute atomic E-state index is 0.893. The fourth-order valence-corrected chi connectivity index (χ4v) is 9.59. The van der Waals surface area contributed by atoms with Crippen molar-refractivity contribution in [1.82, 2.24) is 0 Å². The van der Waals surface area contributed by atoms with Crippen molar-refractivity contribution in [3.63, 3.8) is 0 Å². The molecule has 0 bridgehead atoms. The lowest BCUT2D eigenvalue weighted by Crippen LogP contribution is -2.09. The van der Waals surface area contributed by atoms with E-state index >= 15 is 0 Å². The van der Waals surface area contributed by atoms with Crippen molar-refractivity contribution in [2.24, 2.45) is 0 Å². The average Bonchev–Trinajstić information content (AvgIpc) is 3.78. The van der Waals surface area contributed by atoms with Crippen LogP contribution in [0, 0.1) is 0 Å². The third kappa shape index (κ3) is 6.52. The van der Waals surface area contributed by atoms with Crippen LogP contribution in [0.25, 0.3) is 99.1 Å². The number of hydrogen-bond acceptors (Lipinski definition) is 2. The molecule has 0 amide bonds. The SMILES string of the molecule is c1ccc(-c2ccc(N(c3ccc(-c4ccccc4)cc3)c3ccc(-c4ccc(-c5ccc6oc7c8ccccc8c8ccccc8c7c6c5-c5ccccc5)cc4)cc3)cc2)cc1. The van der Waals surface area contributed by atoms with Gasteiger partial charge in [0.15, 0.2) is 0 Å². The molecule has 0 saturated carbocycles. The molecule has 0 fully saturated rings. The van der Waals surface area contributed by atoms with Gasteiger partial charge in [0.2, 0.25) is 0 Å². The van der Waals surface area contributed by atoms with Gasteiger partial charge < -0.3 is 9.32 Å². The smallest absolute Gasteiger partial charge is 0.143 e. The van der Waals surface area contributed by atoms with E-state index in [2.05, 4.69) is 254 Å². The molecule has 0 radical (unpaired) electrons. The van der Waals surface area contributed by atoms with Gasteiger partial charge in [-0.15, -0.1) is 0 Å². The first-order chi connectivity index (χ1) is 31.7. The zero-order chi connectivity index (χ0) is 42.4. The Hall–Kier alpha value is -8.46. The molecule has 11 aromatic carbocycles. The lowest BCUT2D eigenvalue weighted by Gasteiger charge is -2.26. The molecule has 0 spiro atoms. The molecule has 0 atom stereocenters. The minimum Gasteiger partial charge on any atom is -0.455 e. The number of rotatable bonds is 8. The molecule has 1 aromatic heterocycles. The zero-order valence-corrected chi connectivity index (χ0v) is 35.0. The van der Waals surface area contributed by atoms with Gasteiger partial charge >= 0.3 is 0 Å². The number of furan rings is 1. The maximum absolute atomic E-state index is 6.83. The molecule has 0 aliphatic heterocycles. The van der Waals surface area contributed by atoms with Crippen LogP contribution in [0.2, 0.25) is 0 Å². The summed E-state index contributed by atoms with van der Waals surface area (Å²) in [7, 11) is 0. The van der Waals surface area contributed by atoms with Crippen LogP contribution in [-0.2, 0) is 0 Å². The summed E-state index contributed by atoms with van der Waals surface area (Å²) in [4.78, 5) is 2.34. The van der Waals surface area contributed by atoms with Crippen molar-refractivity contribution in [3.05, 3.63) is 249 Å². The van der Waals surface area contributed by atoms with Gasteiger partial charge in [0.25, 0.3) is 0 Å². The summed E-state index contributed by atoms with van der Waals surface area (Å²) >= 11 is 0. The largest absolute Gasteiger partial charge is 0.455 e. The van der Waals surface area contributed by atoms with Crippen molar-refractivity contribution in [3.8, 4) is 55.6 Å². The first kappa shape index (κ1) is 37.3. The number of benzene rings is 11. The van der Waals surface area contributed by atoms with E-state index in [1.165, 1.54) is 49.5 Å². The lowest BCUT2D eigenvalue weighted by molar-refractivity contribution is 0.673. The summed E-state index contributed by atoms with van der Waals surface area (Å²) in [6.45, 7) is 0. The van der Waals surface area contributed by atoms with Crippen LogP contribution in [0.1, 0.15) is 0 Å². The molecule has 0 N–H and O–H groups in total. The minimum atomic E-state index is 0.893. The summed E-state index contributed by atoms with van der Waals surface area (Å²) in [5, 5.41) is 7.09. The van der Waals surface area contributed by atoms with E-state index in [1.807, 2.05) is 0 Å². The molecule has 2 heteroatoms. The monoisotopic (exact) mass is 815 g/mol. The van der Waals surface area contributed by atoms with Crippen LogP contribution in [0.5, 0.6) is 0 Å². The third-order valence-electron chi connectivity index (χ3n) is 12.7. The van der Waals surface area contributed by atoms with E-state index in [1.54, 1.807) is 0 Å². The molecule has 0 aliphatic rings. The fraction of sp³-hybridized carbons (Fsp3) is 0. The normalized spacial score (nSPS) is 11.4. The maximum atomic E-state index is 6.83. The van der Waals surface area contributed by atoms with Gasteiger partial charge in [-0.2, -0.15) is 0 Å². The lowest BCUT2D eigenvalue weighted by atomic mass is 9.88. The Morgan fingerprint density at radius 1 is 0.250 bits per heavy atom. The Balaban J connectivity index is 0.926. The van der Waals surface area contributed by atoms with Crippen molar-refractivity contribution in [2.45, 2.75) is 0 Å². The topological polar surface area (TPSA) is 16.4 Å². The summed E-state index contributed by atoms with van der Waals surface area (Å²) < 4.78 is 6.83. The van der Waals surface area contributed by atoms with Gasteiger partial charge in [-0.05, 0) is 109 Å². The second kappa shape index (κ2) is 15.8. The van der Waals surface area contributed by atoms with E-state index < -0.39 is 0 Å². The molecule has 2 nitrogen and oxygen atoms in total. The third-order valence-corrected chi connectivity index (χ3v) is 12.7. The first-order valence-electron chi connectivity index (χ1n) is 21.9. The highest BCUT2D eigenvalue weighted by Crippen LogP contribution is 2.47. The van der Waals surface area contributed by atoms with Gasteiger partial charge in [-0.3, -0.25) is 0 Å². The van der Waals surface area contributed by atoms with E-state index in [-0.39, 0.29) is 0 Å². The van der Waals surface area contributed by atoms with Gasteiger partial charge in [0.1, 0.15) is 11.2 Å². The Morgan fingerprint density at radius 2 is 0.609 bits per heavy atom. The second-order valence-electron chi connectivity index (χ2n) is 16.4. The van der Waals surface area contributed by atoms with Crippen LogP contribution in [0.15, 0.2) is 253 Å². The molecular formula is C62H41NO. The number of hydrogen-bond donors (Lipinski definition) is 0. The molecule has 0 aliphatic carbocycles. The van der Waals surface area contributed by atoms with Gasteiger partial charge in [0, 0.05) is 38.8 Å². The molecule has 0 unspecified atom stereocenters. The summed E-state index contributed by atoms with van der Waals surface area (Å²) in [6.07, 6.45) is 0. The van der Waals surface area contributed by atoms with E-state index in [0.29, 0.717) is 0 Å². The molecule has 0 saturated heterocycles. The van der Waals surface area contributed by atoms with Crippen LogP contribution >= 0.6 is 0 Å². The highest BCUT2D eigenvalue weighted by molar-refractivity contribution is 6.32. The number of anilines is 3. The zero-order valence-electron chi connectivity index (χ0n) is 35.0. The van der Waals surface area contributed by atoms with Crippen LogP contribution in [0.4, 0.5) is 17.1 Å². The summed E-state index contributed by atoms with van der Waals surface area (Å²) in [6, 6.07) is 89.3. The van der Waals surface area contributed by atoms with Gasteiger partial charge in [-0.1, -0.05) is 206 Å². The van der Waals surface area contributed by atoms with Crippen molar-refractivity contribution in [1.29, 1.82) is 0 Å². The molecule has 1 heterocycles. The predicted molar refractivity (Wildman–Crippen MR) is 271 cm³/mol. The molecule has 12 aromatic rings. The van der Waals surface area contributed by atoms with E-state index in [9.17, 15) is 0 Å². The fourth-order valence-electron chi connectivity index (χ4n) is 9.59. The van der Waals surface area contributed by atoms with Crippen molar-refractivity contribution in [2.75, 3.05) is 4.90 Å². The molecule has 300 valence electrons. The Morgan fingerprint density at radius 3 is 1.09 bits per heavy atom. The maximum Gasteiger partial charge on any atom is 0.143 e. The van der Waals surface area contributed by atoms with Crippen LogP contribution in [-0.4, -0.2) is 0 Å². The van der Waals surface area contributed by atoms with Crippen molar-refractivity contribution >= 4 is 60.5 Å². The second-order valence-corrected chi connectivity index (χ2v) is 16.4. The van der Waals surface area contributed by atoms with Crippen LogP contribution in [0.3, 0.4) is 0 Å².